The van der Waals surface area contributed by atoms with E-state index in [4.69, 9.17) is 23.2 Å². The number of hydrogen-bond acceptors (Lipinski definition) is 2. The summed E-state index contributed by atoms with van der Waals surface area (Å²) in [5, 5.41) is 3.58. The van der Waals surface area contributed by atoms with Crippen molar-refractivity contribution >= 4 is 52.1 Å². The van der Waals surface area contributed by atoms with Crippen LogP contribution in [-0.4, -0.2) is 20.0 Å². The molecule has 2 aromatic carbocycles. The molecule has 0 radical (unpaired) electrons. The third-order valence-corrected chi connectivity index (χ3v) is 4.39. The summed E-state index contributed by atoms with van der Waals surface area (Å²) in [5.41, 5.74) is 4.00. The second kappa shape index (κ2) is 5.67. The third kappa shape index (κ3) is 2.58. The molecule has 1 heterocycles. The fourth-order valence-electron chi connectivity index (χ4n) is 2.38. The number of rotatable bonds is 2. The van der Waals surface area contributed by atoms with Crippen LogP contribution in [0.3, 0.4) is 0 Å². The highest BCUT2D eigenvalue weighted by Gasteiger charge is 2.27. The summed E-state index contributed by atoms with van der Waals surface area (Å²) in [5.74, 6) is -0.171. The first-order valence-corrected chi connectivity index (χ1v) is 7.52. The van der Waals surface area contributed by atoms with Gasteiger partial charge in [-0.1, -0.05) is 41.4 Å². The quantitative estimate of drug-likeness (QED) is 0.818. The summed E-state index contributed by atoms with van der Waals surface area (Å²) in [7, 11) is 3.97. The maximum Gasteiger partial charge on any atom is 0.256 e. The Morgan fingerprint density at radius 2 is 1.73 bits per heavy atom. The molecule has 3 rings (SSSR count). The Morgan fingerprint density at radius 1 is 1.05 bits per heavy atom. The van der Waals surface area contributed by atoms with Crippen LogP contribution in [0.2, 0.25) is 10.0 Å². The average Bonchev–Trinajstić information content (AvgIpc) is 2.81. The zero-order valence-corrected chi connectivity index (χ0v) is 13.7. The standard InChI is InChI=1S/C17H14Cl2N2O/c1-21(2)11-5-3-10(4-6-11)9-13-12-7-8-14(18)15(19)16(12)20-17(13)22/h3-9H,1-2H3,(H,20,22)/b13-9+. The third-order valence-electron chi connectivity index (χ3n) is 3.59. The highest BCUT2D eigenvalue weighted by Crippen LogP contribution is 2.41. The van der Waals surface area contributed by atoms with Gasteiger partial charge >= 0.3 is 0 Å². The van der Waals surface area contributed by atoms with Crippen molar-refractivity contribution in [1.82, 2.24) is 0 Å². The minimum Gasteiger partial charge on any atom is -0.378 e. The Bertz CT molecular complexity index is 780. The van der Waals surface area contributed by atoms with Gasteiger partial charge in [-0.15, -0.1) is 0 Å². The second-order valence-electron chi connectivity index (χ2n) is 5.28. The van der Waals surface area contributed by atoms with Crippen LogP contribution >= 0.6 is 23.2 Å². The van der Waals surface area contributed by atoms with E-state index in [1.54, 1.807) is 6.07 Å². The molecular formula is C17H14Cl2N2O. The maximum atomic E-state index is 12.2. The van der Waals surface area contributed by atoms with Crippen molar-refractivity contribution in [3.05, 3.63) is 57.6 Å². The van der Waals surface area contributed by atoms with Crippen molar-refractivity contribution in [2.75, 3.05) is 24.3 Å². The van der Waals surface area contributed by atoms with Gasteiger partial charge in [-0.25, -0.2) is 0 Å². The lowest BCUT2D eigenvalue weighted by molar-refractivity contribution is -0.110. The van der Waals surface area contributed by atoms with Gasteiger partial charge in [-0.05, 0) is 29.8 Å². The van der Waals surface area contributed by atoms with Gasteiger partial charge in [0.1, 0.15) is 0 Å². The number of carbonyl (C=O) groups is 1. The van der Waals surface area contributed by atoms with E-state index in [1.807, 2.05) is 55.4 Å². The van der Waals surface area contributed by atoms with Gasteiger partial charge in [0.15, 0.2) is 0 Å². The normalized spacial score (nSPS) is 14.9. The molecule has 0 spiro atoms. The molecule has 1 amide bonds. The van der Waals surface area contributed by atoms with E-state index < -0.39 is 0 Å². The van der Waals surface area contributed by atoms with Crippen molar-refractivity contribution < 1.29 is 4.79 Å². The Labute approximate surface area is 139 Å². The summed E-state index contributed by atoms with van der Waals surface area (Å²) in [4.78, 5) is 14.2. The molecule has 2 aromatic rings. The van der Waals surface area contributed by atoms with Crippen LogP contribution in [0, 0.1) is 0 Å². The minimum absolute atomic E-state index is 0.171. The van der Waals surface area contributed by atoms with E-state index in [2.05, 4.69) is 5.32 Å². The molecule has 1 aliphatic heterocycles. The second-order valence-corrected chi connectivity index (χ2v) is 6.07. The molecule has 0 unspecified atom stereocenters. The predicted octanol–water partition coefficient (Wildman–Crippen LogP) is 4.55. The smallest absolute Gasteiger partial charge is 0.256 e. The number of hydrogen-bond donors (Lipinski definition) is 1. The molecule has 112 valence electrons. The molecule has 0 aliphatic carbocycles. The highest BCUT2D eigenvalue weighted by atomic mass is 35.5. The number of amides is 1. The predicted molar refractivity (Wildman–Crippen MR) is 93.7 cm³/mol. The first kappa shape index (κ1) is 14.9. The average molecular weight is 333 g/mol. The molecule has 0 aromatic heterocycles. The molecule has 0 atom stereocenters. The summed E-state index contributed by atoms with van der Waals surface area (Å²) < 4.78 is 0. The van der Waals surface area contributed by atoms with Crippen LogP contribution in [0.1, 0.15) is 11.1 Å². The van der Waals surface area contributed by atoms with Crippen molar-refractivity contribution in [3.63, 3.8) is 0 Å². The number of carbonyl (C=O) groups excluding carboxylic acids is 1. The van der Waals surface area contributed by atoms with Gasteiger partial charge in [0.2, 0.25) is 0 Å². The van der Waals surface area contributed by atoms with E-state index in [-0.39, 0.29) is 5.91 Å². The molecule has 0 fully saturated rings. The summed E-state index contributed by atoms with van der Waals surface area (Å²) >= 11 is 12.1. The number of benzene rings is 2. The van der Waals surface area contributed by atoms with Crippen LogP contribution in [0.4, 0.5) is 11.4 Å². The first-order valence-electron chi connectivity index (χ1n) is 6.76. The van der Waals surface area contributed by atoms with Crippen LogP contribution < -0.4 is 10.2 Å². The van der Waals surface area contributed by atoms with Crippen molar-refractivity contribution in [1.29, 1.82) is 0 Å². The molecular weight excluding hydrogens is 319 g/mol. The molecule has 1 N–H and O–H groups in total. The Hall–Kier alpha value is -1.97. The van der Waals surface area contributed by atoms with E-state index >= 15 is 0 Å². The van der Waals surface area contributed by atoms with Crippen molar-refractivity contribution in [2.45, 2.75) is 0 Å². The maximum absolute atomic E-state index is 12.2. The van der Waals surface area contributed by atoms with Crippen molar-refractivity contribution in [3.8, 4) is 0 Å². The van der Waals surface area contributed by atoms with Gasteiger partial charge in [0, 0.05) is 30.9 Å². The number of halogens is 2. The number of anilines is 2. The number of nitrogens with zero attached hydrogens (tertiary/aromatic N) is 1. The van der Waals surface area contributed by atoms with Gasteiger partial charge < -0.3 is 10.2 Å². The van der Waals surface area contributed by atoms with Crippen molar-refractivity contribution in [2.24, 2.45) is 0 Å². The monoisotopic (exact) mass is 332 g/mol. The van der Waals surface area contributed by atoms with Crippen LogP contribution in [0.15, 0.2) is 36.4 Å². The molecule has 0 bridgehead atoms. The Balaban J connectivity index is 2.02. The summed E-state index contributed by atoms with van der Waals surface area (Å²) in [6.45, 7) is 0. The Kier molecular flexibility index (Phi) is 3.85. The molecule has 1 aliphatic rings. The zero-order valence-electron chi connectivity index (χ0n) is 12.2. The topological polar surface area (TPSA) is 32.3 Å². The molecule has 5 heteroatoms. The zero-order chi connectivity index (χ0) is 15.9. The molecule has 3 nitrogen and oxygen atoms in total. The van der Waals surface area contributed by atoms with E-state index in [9.17, 15) is 4.79 Å². The molecule has 0 saturated carbocycles. The SMILES string of the molecule is CN(C)c1ccc(/C=C2/C(=O)Nc3c2ccc(Cl)c3Cl)cc1. The number of nitrogens with one attached hydrogen (secondary N) is 1. The molecule has 0 saturated heterocycles. The van der Waals surface area contributed by atoms with Gasteiger partial charge in [0.25, 0.3) is 5.91 Å². The van der Waals surface area contributed by atoms with Crippen LogP contribution in [0.25, 0.3) is 11.6 Å². The first-order chi connectivity index (χ1) is 10.5. The van der Waals surface area contributed by atoms with E-state index in [0.29, 0.717) is 21.3 Å². The highest BCUT2D eigenvalue weighted by molar-refractivity contribution is 6.47. The number of fused-ring (bicyclic) bond motifs is 1. The van der Waals surface area contributed by atoms with Gasteiger partial charge in [-0.3, -0.25) is 4.79 Å². The van der Waals surface area contributed by atoms with E-state index in [1.165, 1.54) is 0 Å². The largest absolute Gasteiger partial charge is 0.378 e. The van der Waals surface area contributed by atoms with Crippen LogP contribution in [-0.2, 0) is 4.79 Å². The Morgan fingerprint density at radius 3 is 2.36 bits per heavy atom. The minimum atomic E-state index is -0.171. The fraction of sp³-hybridized carbons (Fsp3) is 0.118. The lowest BCUT2D eigenvalue weighted by Gasteiger charge is -2.11. The lowest BCUT2D eigenvalue weighted by atomic mass is 10.0. The summed E-state index contributed by atoms with van der Waals surface area (Å²) in [6.07, 6.45) is 1.85. The van der Waals surface area contributed by atoms with E-state index in [0.717, 1.165) is 16.8 Å². The molecule has 22 heavy (non-hydrogen) atoms. The summed E-state index contributed by atoms with van der Waals surface area (Å²) in [6, 6.07) is 11.5. The van der Waals surface area contributed by atoms with Crippen LogP contribution in [0.5, 0.6) is 0 Å². The van der Waals surface area contributed by atoms with Gasteiger partial charge in [-0.2, -0.15) is 0 Å². The fourth-order valence-corrected chi connectivity index (χ4v) is 2.75. The van der Waals surface area contributed by atoms with Gasteiger partial charge in [0.05, 0.1) is 15.7 Å². The lowest BCUT2D eigenvalue weighted by Crippen LogP contribution is -2.08.